The maximum absolute atomic E-state index is 3.59. The van der Waals surface area contributed by atoms with Crippen LogP contribution in [0.15, 0.2) is 0 Å². The van der Waals surface area contributed by atoms with E-state index in [0.29, 0.717) is 11.1 Å². The van der Waals surface area contributed by atoms with Gasteiger partial charge in [0.1, 0.15) is 0 Å². The standard InChI is InChI=1S/C8H15N/c1-6(2)8-4-7(3,5-8)9-8/h6,9H,4-5H2,1-3H3. The van der Waals surface area contributed by atoms with E-state index in [4.69, 9.17) is 0 Å². The van der Waals surface area contributed by atoms with Crippen molar-refractivity contribution in [2.45, 2.75) is 44.7 Å². The molecule has 0 radical (unpaired) electrons. The van der Waals surface area contributed by atoms with Crippen molar-refractivity contribution < 1.29 is 0 Å². The Morgan fingerprint density at radius 1 is 1.33 bits per heavy atom. The molecule has 3 aliphatic rings. The van der Waals surface area contributed by atoms with Crippen LogP contribution in [0.25, 0.3) is 0 Å². The monoisotopic (exact) mass is 125 g/mol. The Labute approximate surface area is 56.8 Å². The molecular formula is C8H15N. The van der Waals surface area contributed by atoms with Crippen molar-refractivity contribution >= 4 is 0 Å². The summed E-state index contributed by atoms with van der Waals surface area (Å²) < 4.78 is 0. The summed E-state index contributed by atoms with van der Waals surface area (Å²) in [5, 5.41) is 3.59. The third-order valence-corrected chi connectivity index (χ3v) is 3.07. The zero-order chi connectivity index (χ0) is 6.70. The molecule has 1 nitrogen and oxygen atoms in total. The summed E-state index contributed by atoms with van der Waals surface area (Å²) in [6.45, 7) is 6.94. The van der Waals surface area contributed by atoms with Gasteiger partial charge in [-0.3, -0.25) is 0 Å². The molecule has 3 rings (SSSR count). The molecule has 2 aliphatic heterocycles. The molecule has 0 atom stereocenters. The lowest BCUT2D eigenvalue weighted by Gasteiger charge is -2.72. The number of rotatable bonds is 1. The minimum absolute atomic E-state index is 0.560. The molecule has 1 heteroatoms. The summed E-state index contributed by atoms with van der Waals surface area (Å²) in [7, 11) is 0. The van der Waals surface area contributed by atoms with Gasteiger partial charge >= 0.3 is 0 Å². The molecule has 1 saturated carbocycles. The maximum atomic E-state index is 3.59. The van der Waals surface area contributed by atoms with Crippen molar-refractivity contribution in [1.82, 2.24) is 5.32 Å². The maximum Gasteiger partial charge on any atom is 0.0244 e. The van der Waals surface area contributed by atoms with Gasteiger partial charge in [-0.15, -0.1) is 0 Å². The number of hydrogen-bond donors (Lipinski definition) is 1. The summed E-state index contributed by atoms with van der Waals surface area (Å²) in [4.78, 5) is 0. The molecule has 0 amide bonds. The summed E-state index contributed by atoms with van der Waals surface area (Å²) in [6, 6.07) is 0. The van der Waals surface area contributed by atoms with Gasteiger partial charge in [0.05, 0.1) is 0 Å². The normalized spacial score (nSPS) is 54.7. The van der Waals surface area contributed by atoms with Crippen LogP contribution in [-0.4, -0.2) is 11.1 Å². The van der Waals surface area contributed by atoms with Crippen molar-refractivity contribution in [2.24, 2.45) is 5.92 Å². The van der Waals surface area contributed by atoms with Crippen LogP contribution in [0.2, 0.25) is 0 Å². The molecular weight excluding hydrogens is 110 g/mol. The molecule has 2 saturated heterocycles. The van der Waals surface area contributed by atoms with E-state index in [0.717, 1.165) is 5.92 Å². The van der Waals surface area contributed by atoms with E-state index in [1.807, 2.05) is 0 Å². The lowest BCUT2D eigenvalue weighted by molar-refractivity contribution is -0.127. The fourth-order valence-corrected chi connectivity index (χ4v) is 2.46. The lowest BCUT2D eigenvalue weighted by atomic mass is 9.49. The first-order valence-electron chi connectivity index (χ1n) is 3.86. The molecule has 52 valence electrons. The summed E-state index contributed by atoms with van der Waals surface area (Å²) >= 11 is 0. The first kappa shape index (κ1) is 5.72. The molecule has 1 aliphatic carbocycles. The van der Waals surface area contributed by atoms with Gasteiger partial charge in [-0.2, -0.15) is 0 Å². The summed E-state index contributed by atoms with van der Waals surface area (Å²) in [5.41, 5.74) is 1.14. The molecule has 1 N–H and O–H groups in total. The van der Waals surface area contributed by atoms with E-state index in [1.165, 1.54) is 12.8 Å². The fourth-order valence-electron chi connectivity index (χ4n) is 2.46. The van der Waals surface area contributed by atoms with Crippen molar-refractivity contribution in [3.8, 4) is 0 Å². The third kappa shape index (κ3) is 0.493. The predicted molar refractivity (Wildman–Crippen MR) is 38.3 cm³/mol. The van der Waals surface area contributed by atoms with E-state index in [2.05, 4.69) is 26.1 Å². The Morgan fingerprint density at radius 3 is 1.89 bits per heavy atom. The molecule has 0 unspecified atom stereocenters. The molecule has 9 heavy (non-hydrogen) atoms. The third-order valence-electron chi connectivity index (χ3n) is 3.07. The highest BCUT2D eigenvalue weighted by Crippen LogP contribution is 2.56. The minimum atomic E-state index is 0.560. The average Bonchev–Trinajstić information content (AvgIpc) is 1.54. The number of nitrogens with one attached hydrogen (secondary N) is 1. The topological polar surface area (TPSA) is 12.0 Å². The van der Waals surface area contributed by atoms with Crippen LogP contribution in [0.1, 0.15) is 33.6 Å². The predicted octanol–water partition coefficient (Wildman–Crippen LogP) is 1.54. The quantitative estimate of drug-likeness (QED) is 0.560. The van der Waals surface area contributed by atoms with Gasteiger partial charge < -0.3 is 5.32 Å². The van der Waals surface area contributed by atoms with Gasteiger partial charge in [0, 0.05) is 11.1 Å². The number of hydrogen-bond acceptors (Lipinski definition) is 1. The van der Waals surface area contributed by atoms with Crippen LogP contribution in [0.5, 0.6) is 0 Å². The molecule has 3 fully saturated rings. The van der Waals surface area contributed by atoms with E-state index < -0.39 is 0 Å². The van der Waals surface area contributed by atoms with Crippen LogP contribution < -0.4 is 5.32 Å². The largest absolute Gasteiger partial charge is 0.305 e. The second-order valence-corrected chi connectivity index (χ2v) is 4.35. The van der Waals surface area contributed by atoms with Crippen LogP contribution in [0, 0.1) is 5.92 Å². The van der Waals surface area contributed by atoms with Gasteiger partial charge in [-0.05, 0) is 25.7 Å². The highest BCUT2D eigenvalue weighted by atomic mass is 15.2. The van der Waals surface area contributed by atoms with Crippen LogP contribution in [0.3, 0.4) is 0 Å². The second-order valence-electron chi connectivity index (χ2n) is 4.35. The zero-order valence-corrected chi connectivity index (χ0v) is 6.49. The van der Waals surface area contributed by atoms with Gasteiger partial charge in [0.15, 0.2) is 0 Å². The highest BCUT2D eigenvalue weighted by molar-refractivity contribution is 5.26. The first-order chi connectivity index (χ1) is 4.06. The minimum Gasteiger partial charge on any atom is -0.305 e. The molecule has 0 aromatic carbocycles. The summed E-state index contributed by atoms with van der Waals surface area (Å²) in [6.07, 6.45) is 2.83. The van der Waals surface area contributed by atoms with Crippen molar-refractivity contribution in [2.75, 3.05) is 0 Å². The van der Waals surface area contributed by atoms with Gasteiger partial charge in [-0.25, -0.2) is 0 Å². The van der Waals surface area contributed by atoms with E-state index in [9.17, 15) is 0 Å². The summed E-state index contributed by atoms with van der Waals surface area (Å²) in [5.74, 6) is 0.833. The first-order valence-corrected chi connectivity index (χ1v) is 3.86. The molecule has 0 aromatic heterocycles. The van der Waals surface area contributed by atoms with E-state index in [-0.39, 0.29) is 0 Å². The molecule has 2 bridgehead atoms. The molecule has 2 heterocycles. The zero-order valence-electron chi connectivity index (χ0n) is 6.49. The van der Waals surface area contributed by atoms with Crippen molar-refractivity contribution in [3.05, 3.63) is 0 Å². The average molecular weight is 125 g/mol. The van der Waals surface area contributed by atoms with E-state index >= 15 is 0 Å². The van der Waals surface area contributed by atoms with Gasteiger partial charge in [0.25, 0.3) is 0 Å². The lowest BCUT2D eigenvalue weighted by Crippen LogP contribution is -2.86. The Bertz CT molecular complexity index is 129. The Morgan fingerprint density at radius 2 is 1.78 bits per heavy atom. The Balaban J connectivity index is 2.04. The van der Waals surface area contributed by atoms with Crippen molar-refractivity contribution in [1.29, 1.82) is 0 Å². The van der Waals surface area contributed by atoms with Crippen LogP contribution in [0.4, 0.5) is 0 Å². The second kappa shape index (κ2) is 1.20. The van der Waals surface area contributed by atoms with Crippen LogP contribution in [-0.2, 0) is 0 Å². The smallest absolute Gasteiger partial charge is 0.0244 e. The molecule has 0 spiro atoms. The SMILES string of the molecule is CC(C)C12CC(C)(C1)N2. The van der Waals surface area contributed by atoms with Gasteiger partial charge in [-0.1, -0.05) is 13.8 Å². The van der Waals surface area contributed by atoms with Gasteiger partial charge in [0.2, 0.25) is 0 Å². The Kier molecular flexibility index (Phi) is 0.760. The fraction of sp³-hybridized carbons (Fsp3) is 1.00. The van der Waals surface area contributed by atoms with Crippen LogP contribution >= 0.6 is 0 Å². The highest BCUT2D eigenvalue weighted by Gasteiger charge is 2.65. The van der Waals surface area contributed by atoms with E-state index in [1.54, 1.807) is 0 Å². The Hall–Kier alpha value is -0.0400. The van der Waals surface area contributed by atoms with Crippen molar-refractivity contribution in [3.63, 3.8) is 0 Å². The molecule has 0 aromatic rings.